The Kier molecular flexibility index (Phi) is 4.90. The quantitative estimate of drug-likeness (QED) is 0.803. The molecule has 94 valence electrons. The number of carbonyl (C=O) groups excluding carboxylic acids is 1. The molecule has 1 rings (SSSR count). The molecule has 1 aromatic carbocycles. The molecule has 5 heteroatoms. The molecule has 0 atom stereocenters. The predicted octanol–water partition coefficient (Wildman–Crippen LogP) is 0.890. The van der Waals surface area contributed by atoms with Gasteiger partial charge < -0.3 is 15.3 Å². The van der Waals surface area contributed by atoms with Crippen molar-refractivity contribution < 1.29 is 14.3 Å². The van der Waals surface area contributed by atoms with Crippen molar-refractivity contribution in [1.82, 2.24) is 5.32 Å². The maximum atomic E-state index is 13.0. The largest absolute Gasteiger partial charge is 0.392 e. The minimum absolute atomic E-state index is 0.0514. The third-order valence-corrected chi connectivity index (χ3v) is 2.58. The Hall–Kier alpha value is -1.62. The molecule has 0 spiro atoms. The van der Waals surface area contributed by atoms with Crippen molar-refractivity contribution in [2.75, 3.05) is 25.5 Å². The highest BCUT2D eigenvalue weighted by Crippen LogP contribution is 2.20. The minimum Gasteiger partial charge on any atom is -0.392 e. The van der Waals surface area contributed by atoms with Gasteiger partial charge in [0.2, 0.25) is 5.91 Å². The average Bonchev–Trinajstić information content (AvgIpc) is 2.35. The van der Waals surface area contributed by atoms with E-state index in [0.717, 1.165) is 5.69 Å². The second-order valence-corrected chi connectivity index (χ2v) is 3.78. The SMILES string of the molecule is CNC(=O)CCN(C)c1ccc(F)cc1CO. The van der Waals surface area contributed by atoms with Crippen LogP contribution in [-0.4, -0.2) is 31.7 Å². The second-order valence-electron chi connectivity index (χ2n) is 3.78. The molecule has 0 saturated carbocycles. The highest BCUT2D eigenvalue weighted by molar-refractivity contribution is 5.76. The van der Waals surface area contributed by atoms with Gasteiger partial charge in [-0.3, -0.25) is 4.79 Å². The van der Waals surface area contributed by atoms with E-state index >= 15 is 0 Å². The number of amides is 1. The normalized spacial score (nSPS) is 10.1. The summed E-state index contributed by atoms with van der Waals surface area (Å²) in [6, 6.07) is 4.24. The molecule has 1 aromatic rings. The topological polar surface area (TPSA) is 52.6 Å². The molecule has 0 unspecified atom stereocenters. The number of carbonyl (C=O) groups is 1. The van der Waals surface area contributed by atoms with Gasteiger partial charge >= 0.3 is 0 Å². The summed E-state index contributed by atoms with van der Waals surface area (Å²) >= 11 is 0. The first-order valence-electron chi connectivity index (χ1n) is 5.39. The molecule has 0 radical (unpaired) electrons. The third kappa shape index (κ3) is 3.71. The van der Waals surface area contributed by atoms with E-state index in [-0.39, 0.29) is 18.3 Å². The van der Waals surface area contributed by atoms with E-state index in [1.54, 1.807) is 20.2 Å². The van der Waals surface area contributed by atoms with Gasteiger partial charge in [-0.05, 0) is 18.2 Å². The summed E-state index contributed by atoms with van der Waals surface area (Å²) in [5, 5.41) is 11.7. The lowest BCUT2D eigenvalue weighted by Crippen LogP contribution is -2.27. The number of aliphatic hydroxyl groups is 1. The molecule has 1 amide bonds. The van der Waals surface area contributed by atoms with E-state index in [4.69, 9.17) is 5.11 Å². The molecule has 2 N–H and O–H groups in total. The molecule has 0 aliphatic heterocycles. The van der Waals surface area contributed by atoms with Crippen LogP contribution in [0.3, 0.4) is 0 Å². The van der Waals surface area contributed by atoms with Crippen molar-refractivity contribution in [3.63, 3.8) is 0 Å². The Labute approximate surface area is 100 Å². The summed E-state index contributed by atoms with van der Waals surface area (Å²) in [5.74, 6) is -0.429. The first kappa shape index (κ1) is 13.4. The molecule has 0 aromatic heterocycles. The van der Waals surface area contributed by atoms with Crippen LogP contribution in [0.15, 0.2) is 18.2 Å². The molecular weight excluding hydrogens is 223 g/mol. The van der Waals surface area contributed by atoms with Crippen molar-refractivity contribution in [3.05, 3.63) is 29.6 Å². The number of anilines is 1. The summed E-state index contributed by atoms with van der Waals surface area (Å²) < 4.78 is 13.0. The number of benzene rings is 1. The highest BCUT2D eigenvalue weighted by Gasteiger charge is 2.09. The molecule has 0 saturated heterocycles. The van der Waals surface area contributed by atoms with E-state index in [9.17, 15) is 9.18 Å². The van der Waals surface area contributed by atoms with Crippen LogP contribution in [-0.2, 0) is 11.4 Å². The maximum absolute atomic E-state index is 13.0. The number of rotatable bonds is 5. The fourth-order valence-corrected chi connectivity index (χ4v) is 1.57. The van der Waals surface area contributed by atoms with Crippen LogP contribution in [0.1, 0.15) is 12.0 Å². The highest BCUT2D eigenvalue weighted by atomic mass is 19.1. The Morgan fingerprint density at radius 2 is 2.24 bits per heavy atom. The van der Waals surface area contributed by atoms with Crippen LogP contribution in [0.25, 0.3) is 0 Å². The van der Waals surface area contributed by atoms with Crippen LogP contribution in [0.5, 0.6) is 0 Å². The first-order chi connectivity index (χ1) is 8.08. The zero-order valence-electron chi connectivity index (χ0n) is 10.0. The Morgan fingerprint density at radius 3 is 2.82 bits per heavy atom. The second kappa shape index (κ2) is 6.20. The Bertz CT molecular complexity index is 396. The smallest absolute Gasteiger partial charge is 0.221 e. The van der Waals surface area contributed by atoms with E-state index < -0.39 is 0 Å². The molecule has 0 bridgehead atoms. The predicted molar refractivity (Wildman–Crippen MR) is 64.3 cm³/mol. The van der Waals surface area contributed by atoms with Crippen LogP contribution < -0.4 is 10.2 Å². The molecule has 4 nitrogen and oxygen atoms in total. The van der Waals surface area contributed by atoms with E-state index in [0.29, 0.717) is 18.5 Å². The van der Waals surface area contributed by atoms with Crippen LogP contribution >= 0.6 is 0 Å². The lowest BCUT2D eigenvalue weighted by Gasteiger charge is -2.21. The summed E-state index contributed by atoms with van der Waals surface area (Å²) in [7, 11) is 3.38. The molecule has 0 heterocycles. The van der Waals surface area contributed by atoms with E-state index in [1.165, 1.54) is 12.1 Å². The lowest BCUT2D eigenvalue weighted by molar-refractivity contribution is -0.120. The standard InChI is InChI=1S/C12H17FN2O2/c1-14-12(17)5-6-15(2)11-4-3-10(13)7-9(11)8-16/h3-4,7,16H,5-6,8H2,1-2H3,(H,14,17). The Balaban J connectivity index is 2.74. The fraction of sp³-hybridized carbons (Fsp3) is 0.417. The van der Waals surface area contributed by atoms with Crippen LogP contribution in [0.4, 0.5) is 10.1 Å². The van der Waals surface area contributed by atoms with Gasteiger partial charge in [0.1, 0.15) is 5.82 Å². The lowest BCUT2D eigenvalue weighted by atomic mass is 10.1. The maximum Gasteiger partial charge on any atom is 0.221 e. The molecule has 0 aliphatic carbocycles. The third-order valence-electron chi connectivity index (χ3n) is 2.58. The van der Waals surface area contributed by atoms with E-state index in [1.807, 2.05) is 4.90 Å². The number of nitrogens with one attached hydrogen (secondary N) is 1. The monoisotopic (exact) mass is 240 g/mol. The summed E-state index contributed by atoms with van der Waals surface area (Å²) in [6.07, 6.45) is 0.356. The van der Waals surface area contributed by atoms with Crippen molar-refractivity contribution in [3.8, 4) is 0 Å². The molecule has 0 aliphatic rings. The number of halogens is 1. The Morgan fingerprint density at radius 1 is 1.53 bits per heavy atom. The van der Waals surface area contributed by atoms with Crippen molar-refractivity contribution in [2.45, 2.75) is 13.0 Å². The molecular formula is C12H17FN2O2. The van der Waals surface area contributed by atoms with Gasteiger partial charge in [0.05, 0.1) is 6.61 Å². The van der Waals surface area contributed by atoms with Gasteiger partial charge in [0.25, 0.3) is 0 Å². The van der Waals surface area contributed by atoms with Gasteiger partial charge in [-0.15, -0.1) is 0 Å². The number of aliphatic hydroxyl groups excluding tert-OH is 1. The van der Waals surface area contributed by atoms with Gasteiger partial charge in [-0.2, -0.15) is 0 Å². The molecule has 17 heavy (non-hydrogen) atoms. The van der Waals surface area contributed by atoms with Gasteiger partial charge in [-0.1, -0.05) is 0 Å². The summed E-state index contributed by atoms with van der Waals surface area (Å²) in [5.41, 5.74) is 1.25. The van der Waals surface area contributed by atoms with E-state index in [2.05, 4.69) is 5.32 Å². The summed E-state index contributed by atoms with van der Waals surface area (Å²) in [6.45, 7) is 0.287. The number of hydrogen-bond donors (Lipinski definition) is 2. The zero-order chi connectivity index (χ0) is 12.8. The van der Waals surface area contributed by atoms with Crippen molar-refractivity contribution in [1.29, 1.82) is 0 Å². The zero-order valence-corrected chi connectivity index (χ0v) is 10.0. The van der Waals surface area contributed by atoms with Crippen LogP contribution in [0, 0.1) is 5.82 Å². The van der Waals surface area contributed by atoms with Crippen molar-refractivity contribution in [2.24, 2.45) is 0 Å². The number of nitrogens with zero attached hydrogens (tertiary/aromatic N) is 1. The average molecular weight is 240 g/mol. The number of hydrogen-bond acceptors (Lipinski definition) is 3. The van der Waals surface area contributed by atoms with Crippen molar-refractivity contribution >= 4 is 11.6 Å². The minimum atomic E-state index is -0.377. The van der Waals surface area contributed by atoms with Crippen LogP contribution in [0.2, 0.25) is 0 Å². The molecule has 0 fully saturated rings. The first-order valence-corrected chi connectivity index (χ1v) is 5.39. The van der Waals surface area contributed by atoms with Gasteiger partial charge in [0.15, 0.2) is 0 Å². The van der Waals surface area contributed by atoms with Gasteiger partial charge in [0, 0.05) is 38.3 Å². The fourth-order valence-electron chi connectivity index (χ4n) is 1.57. The van der Waals surface area contributed by atoms with Gasteiger partial charge in [-0.25, -0.2) is 4.39 Å². The summed E-state index contributed by atoms with van der Waals surface area (Å²) in [4.78, 5) is 12.9.